The van der Waals surface area contributed by atoms with Crippen LogP contribution in [0.4, 0.5) is 5.82 Å². The molecule has 0 saturated carbocycles. The lowest BCUT2D eigenvalue weighted by Gasteiger charge is -2.22. The first kappa shape index (κ1) is 13.2. The van der Waals surface area contributed by atoms with Crippen LogP contribution in [0, 0.1) is 5.92 Å². The van der Waals surface area contributed by atoms with Crippen LogP contribution in [0.25, 0.3) is 5.65 Å². The molecule has 0 atom stereocenters. The highest BCUT2D eigenvalue weighted by Crippen LogP contribution is 2.21. The summed E-state index contributed by atoms with van der Waals surface area (Å²) in [6.45, 7) is 5.21. The minimum absolute atomic E-state index is 0.545. The second-order valence-corrected chi connectivity index (χ2v) is 4.99. The second-order valence-electron chi connectivity index (χ2n) is 4.99. The highest BCUT2D eigenvalue weighted by Gasteiger charge is 2.16. The van der Waals surface area contributed by atoms with Crippen LogP contribution in [0.1, 0.15) is 19.8 Å². The summed E-state index contributed by atoms with van der Waals surface area (Å²) in [5, 5.41) is 3.21. The van der Waals surface area contributed by atoms with Crippen molar-refractivity contribution < 1.29 is 9.47 Å². The Labute approximate surface area is 118 Å². The van der Waals surface area contributed by atoms with E-state index in [0.717, 1.165) is 44.1 Å². The Bertz CT molecular complexity index is 563. The molecule has 1 saturated heterocycles. The maximum atomic E-state index is 5.91. The number of nitrogens with one attached hydrogen (secondary N) is 1. The normalized spacial score (nSPS) is 16.4. The van der Waals surface area contributed by atoms with Gasteiger partial charge in [0.1, 0.15) is 5.82 Å². The molecule has 20 heavy (non-hydrogen) atoms. The molecule has 0 spiro atoms. The Balaban J connectivity index is 1.76. The molecule has 2 aromatic heterocycles. The van der Waals surface area contributed by atoms with Crippen molar-refractivity contribution in [3.63, 3.8) is 0 Å². The van der Waals surface area contributed by atoms with E-state index in [-0.39, 0.29) is 0 Å². The van der Waals surface area contributed by atoms with Gasteiger partial charge in [-0.05, 0) is 25.7 Å². The SMILES string of the molecule is CCNc1cn2ccnc2c(OCC2CCOCC2)n1. The van der Waals surface area contributed by atoms with E-state index in [1.165, 1.54) is 0 Å². The van der Waals surface area contributed by atoms with Crippen LogP contribution < -0.4 is 10.1 Å². The van der Waals surface area contributed by atoms with Crippen molar-refractivity contribution in [2.45, 2.75) is 19.8 Å². The third kappa shape index (κ3) is 2.85. The van der Waals surface area contributed by atoms with Crippen molar-refractivity contribution in [2.75, 3.05) is 31.7 Å². The Hall–Kier alpha value is -1.82. The van der Waals surface area contributed by atoms with Gasteiger partial charge in [0.25, 0.3) is 5.88 Å². The van der Waals surface area contributed by atoms with Gasteiger partial charge >= 0.3 is 0 Å². The first-order chi connectivity index (χ1) is 9.86. The molecule has 1 N–H and O–H groups in total. The predicted molar refractivity (Wildman–Crippen MR) is 76.2 cm³/mol. The fourth-order valence-electron chi connectivity index (χ4n) is 2.38. The number of rotatable bonds is 5. The molecule has 1 aliphatic rings. The molecule has 0 unspecified atom stereocenters. The highest BCUT2D eigenvalue weighted by atomic mass is 16.5. The van der Waals surface area contributed by atoms with Gasteiger partial charge in [0.15, 0.2) is 0 Å². The number of fused-ring (bicyclic) bond motifs is 1. The molecular weight excluding hydrogens is 256 g/mol. The van der Waals surface area contributed by atoms with Crippen molar-refractivity contribution >= 4 is 11.5 Å². The van der Waals surface area contributed by atoms with E-state index in [0.29, 0.717) is 18.4 Å². The molecule has 2 aromatic rings. The zero-order valence-electron chi connectivity index (χ0n) is 11.7. The Kier molecular flexibility index (Phi) is 4.01. The molecule has 0 amide bonds. The lowest BCUT2D eigenvalue weighted by atomic mass is 10.0. The molecule has 0 aliphatic carbocycles. The Morgan fingerprint density at radius 2 is 2.30 bits per heavy atom. The van der Waals surface area contributed by atoms with Crippen LogP contribution >= 0.6 is 0 Å². The summed E-state index contributed by atoms with van der Waals surface area (Å²) in [6.07, 6.45) is 7.69. The molecule has 0 bridgehead atoms. The second kappa shape index (κ2) is 6.09. The molecule has 0 aromatic carbocycles. The highest BCUT2D eigenvalue weighted by molar-refractivity contribution is 5.53. The van der Waals surface area contributed by atoms with Gasteiger partial charge in [0.2, 0.25) is 5.65 Å². The van der Waals surface area contributed by atoms with Crippen molar-refractivity contribution in [2.24, 2.45) is 5.92 Å². The number of hydrogen-bond acceptors (Lipinski definition) is 5. The maximum absolute atomic E-state index is 5.91. The summed E-state index contributed by atoms with van der Waals surface area (Å²) in [7, 11) is 0. The average molecular weight is 276 g/mol. The molecule has 3 rings (SSSR count). The molecule has 3 heterocycles. The summed E-state index contributed by atoms with van der Waals surface area (Å²) >= 11 is 0. The van der Waals surface area contributed by atoms with Crippen molar-refractivity contribution in [1.82, 2.24) is 14.4 Å². The number of aromatic nitrogens is 3. The summed E-state index contributed by atoms with van der Waals surface area (Å²) in [5.74, 6) is 1.95. The fraction of sp³-hybridized carbons (Fsp3) is 0.571. The quantitative estimate of drug-likeness (QED) is 0.904. The minimum Gasteiger partial charge on any atom is -0.475 e. The summed E-state index contributed by atoms with van der Waals surface area (Å²) < 4.78 is 13.2. The summed E-state index contributed by atoms with van der Waals surface area (Å²) in [6, 6.07) is 0. The van der Waals surface area contributed by atoms with E-state index >= 15 is 0 Å². The molecule has 6 heteroatoms. The van der Waals surface area contributed by atoms with Gasteiger partial charge in [-0.25, -0.2) is 4.98 Å². The molecule has 6 nitrogen and oxygen atoms in total. The van der Waals surface area contributed by atoms with Gasteiger partial charge < -0.3 is 14.8 Å². The van der Waals surface area contributed by atoms with Crippen molar-refractivity contribution in [3.8, 4) is 5.88 Å². The van der Waals surface area contributed by atoms with E-state index in [4.69, 9.17) is 9.47 Å². The Morgan fingerprint density at radius 1 is 1.45 bits per heavy atom. The van der Waals surface area contributed by atoms with Crippen LogP contribution in [-0.4, -0.2) is 40.7 Å². The van der Waals surface area contributed by atoms with Gasteiger partial charge in [-0.2, -0.15) is 4.98 Å². The largest absolute Gasteiger partial charge is 0.475 e. The van der Waals surface area contributed by atoms with E-state index in [2.05, 4.69) is 15.3 Å². The number of anilines is 1. The van der Waals surface area contributed by atoms with Crippen LogP contribution in [-0.2, 0) is 4.74 Å². The van der Waals surface area contributed by atoms with E-state index in [1.54, 1.807) is 6.20 Å². The number of hydrogen-bond donors (Lipinski definition) is 1. The van der Waals surface area contributed by atoms with Gasteiger partial charge in [-0.3, -0.25) is 4.40 Å². The van der Waals surface area contributed by atoms with Crippen LogP contribution in [0.2, 0.25) is 0 Å². The summed E-state index contributed by atoms with van der Waals surface area (Å²) in [4.78, 5) is 8.81. The maximum Gasteiger partial charge on any atom is 0.260 e. The Morgan fingerprint density at radius 3 is 3.10 bits per heavy atom. The molecule has 1 aliphatic heterocycles. The van der Waals surface area contributed by atoms with E-state index in [9.17, 15) is 0 Å². The first-order valence-electron chi connectivity index (χ1n) is 7.15. The fourth-order valence-corrected chi connectivity index (χ4v) is 2.38. The minimum atomic E-state index is 0.545. The van der Waals surface area contributed by atoms with Crippen molar-refractivity contribution in [3.05, 3.63) is 18.6 Å². The van der Waals surface area contributed by atoms with Gasteiger partial charge in [0.05, 0.1) is 12.8 Å². The topological polar surface area (TPSA) is 60.7 Å². The molecule has 1 fully saturated rings. The zero-order valence-corrected chi connectivity index (χ0v) is 11.7. The van der Waals surface area contributed by atoms with Crippen LogP contribution in [0.5, 0.6) is 5.88 Å². The number of ether oxygens (including phenoxy) is 2. The molecule has 108 valence electrons. The van der Waals surface area contributed by atoms with E-state index in [1.807, 2.05) is 23.7 Å². The number of nitrogens with zero attached hydrogens (tertiary/aromatic N) is 3. The standard InChI is InChI=1S/C14H20N4O2/c1-2-15-12-9-18-6-5-16-13(18)14(17-12)20-10-11-3-7-19-8-4-11/h5-6,9,11,15H,2-4,7-8,10H2,1H3. The monoisotopic (exact) mass is 276 g/mol. The average Bonchev–Trinajstić information content (AvgIpc) is 2.95. The lowest BCUT2D eigenvalue weighted by Crippen LogP contribution is -2.22. The van der Waals surface area contributed by atoms with Crippen molar-refractivity contribution in [1.29, 1.82) is 0 Å². The van der Waals surface area contributed by atoms with Crippen LogP contribution in [0.3, 0.4) is 0 Å². The zero-order chi connectivity index (χ0) is 13.8. The third-order valence-electron chi connectivity index (χ3n) is 3.50. The van der Waals surface area contributed by atoms with Gasteiger partial charge in [-0.1, -0.05) is 0 Å². The first-order valence-corrected chi connectivity index (χ1v) is 7.15. The third-order valence-corrected chi connectivity index (χ3v) is 3.50. The van der Waals surface area contributed by atoms with Gasteiger partial charge in [0, 0.05) is 32.2 Å². The number of imidazole rings is 1. The molecular formula is C14H20N4O2. The lowest BCUT2D eigenvalue weighted by molar-refractivity contribution is 0.0492. The molecule has 0 radical (unpaired) electrons. The summed E-state index contributed by atoms with van der Waals surface area (Å²) in [5.41, 5.74) is 0.763. The smallest absolute Gasteiger partial charge is 0.260 e. The van der Waals surface area contributed by atoms with E-state index < -0.39 is 0 Å². The van der Waals surface area contributed by atoms with Gasteiger partial charge in [-0.15, -0.1) is 0 Å². The predicted octanol–water partition coefficient (Wildman–Crippen LogP) is 1.97. The van der Waals surface area contributed by atoms with Crippen LogP contribution in [0.15, 0.2) is 18.6 Å².